The molecule has 0 heterocycles. The first kappa shape index (κ1) is 14.9. The fourth-order valence-electron chi connectivity index (χ4n) is 1.45. The third-order valence-corrected chi connectivity index (χ3v) is 3.88. The molecular weight excluding hydrogens is 276 g/mol. The van der Waals surface area contributed by atoms with E-state index < -0.39 is 9.84 Å². The van der Waals surface area contributed by atoms with E-state index in [1.807, 2.05) is 0 Å². The van der Waals surface area contributed by atoms with Crippen LogP contribution < -0.4 is 10.6 Å². The molecule has 100 valence electrons. The molecule has 2 N–H and O–H groups in total. The summed E-state index contributed by atoms with van der Waals surface area (Å²) >= 11 is 5.98. The van der Waals surface area contributed by atoms with Gasteiger partial charge in [-0.2, -0.15) is 0 Å². The molecule has 18 heavy (non-hydrogen) atoms. The first-order chi connectivity index (χ1) is 8.36. The van der Waals surface area contributed by atoms with E-state index in [1.165, 1.54) is 13.1 Å². The minimum Gasteiger partial charge on any atom is -0.358 e. The van der Waals surface area contributed by atoms with Crippen LogP contribution in [0.3, 0.4) is 0 Å². The molecule has 0 saturated heterocycles. The SMILES string of the molecule is CNC(=O)CNCc1c(Cl)cccc1S(C)(=O)=O. The summed E-state index contributed by atoms with van der Waals surface area (Å²) in [5, 5.41) is 5.67. The molecule has 1 aromatic carbocycles. The Balaban J connectivity index is 2.91. The van der Waals surface area contributed by atoms with Gasteiger partial charge in [0.05, 0.1) is 11.4 Å². The van der Waals surface area contributed by atoms with Gasteiger partial charge in [0.1, 0.15) is 0 Å². The average molecular weight is 291 g/mol. The molecular formula is C11H15ClN2O3S. The van der Waals surface area contributed by atoms with Crippen molar-refractivity contribution in [3.8, 4) is 0 Å². The third kappa shape index (κ3) is 3.97. The molecule has 5 nitrogen and oxygen atoms in total. The van der Waals surface area contributed by atoms with Crippen molar-refractivity contribution in [1.29, 1.82) is 0 Å². The Bertz CT molecular complexity index is 543. The van der Waals surface area contributed by atoms with E-state index in [1.54, 1.807) is 12.1 Å². The molecule has 0 unspecified atom stereocenters. The molecule has 0 spiro atoms. The van der Waals surface area contributed by atoms with E-state index in [0.717, 1.165) is 6.26 Å². The van der Waals surface area contributed by atoms with Gasteiger partial charge in [-0.15, -0.1) is 0 Å². The zero-order chi connectivity index (χ0) is 13.8. The second-order valence-electron chi connectivity index (χ2n) is 3.77. The molecule has 0 radical (unpaired) electrons. The highest BCUT2D eigenvalue weighted by molar-refractivity contribution is 7.90. The first-order valence-electron chi connectivity index (χ1n) is 5.25. The maximum atomic E-state index is 11.6. The number of amides is 1. The smallest absolute Gasteiger partial charge is 0.233 e. The van der Waals surface area contributed by atoms with Gasteiger partial charge in [0.15, 0.2) is 9.84 Å². The van der Waals surface area contributed by atoms with Gasteiger partial charge in [0.25, 0.3) is 0 Å². The molecule has 0 fully saturated rings. The molecule has 0 aliphatic rings. The van der Waals surface area contributed by atoms with E-state index in [-0.39, 0.29) is 23.9 Å². The van der Waals surface area contributed by atoms with Gasteiger partial charge in [0.2, 0.25) is 5.91 Å². The minimum absolute atomic E-state index is 0.102. The fraction of sp³-hybridized carbons (Fsp3) is 0.364. The maximum Gasteiger partial charge on any atom is 0.233 e. The number of carbonyl (C=O) groups excluding carboxylic acids is 1. The third-order valence-electron chi connectivity index (χ3n) is 2.34. The summed E-state index contributed by atoms with van der Waals surface area (Å²) in [5.74, 6) is -0.178. The standard InChI is InChI=1S/C11H15ClN2O3S/c1-13-11(15)7-14-6-8-9(12)4-3-5-10(8)18(2,16)17/h3-5,14H,6-7H2,1-2H3,(H,13,15). The Hall–Kier alpha value is -1.11. The summed E-state index contributed by atoms with van der Waals surface area (Å²) in [4.78, 5) is 11.2. The lowest BCUT2D eigenvalue weighted by Gasteiger charge is -2.10. The van der Waals surface area contributed by atoms with Crippen LogP contribution >= 0.6 is 11.6 Å². The lowest BCUT2D eigenvalue weighted by Crippen LogP contribution is -2.31. The van der Waals surface area contributed by atoms with Crippen molar-refractivity contribution >= 4 is 27.3 Å². The number of halogens is 1. The topological polar surface area (TPSA) is 75.3 Å². The van der Waals surface area contributed by atoms with Crippen molar-refractivity contribution < 1.29 is 13.2 Å². The Labute approximate surface area is 111 Å². The van der Waals surface area contributed by atoms with Crippen LogP contribution in [0.15, 0.2) is 23.1 Å². The zero-order valence-electron chi connectivity index (χ0n) is 10.2. The van der Waals surface area contributed by atoms with Gasteiger partial charge in [-0.3, -0.25) is 4.79 Å². The van der Waals surface area contributed by atoms with Gasteiger partial charge >= 0.3 is 0 Å². The second-order valence-corrected chi connectivity index (χ2v) is 6.16. The number of hydrogen-bond donors (Lipinski definition) is 2. The Morgan fingerprint density at radius 2 is 2.06 bits per heavy atom. The first-order valence-corrected chi connectivity index (χ1v) is 7.52. The Kier molecular flexibility index (Phi) is 5.13. The number of carbonyl (C=O) groups is 1. The summed E-state index contributed by atoms with van der Waals surface area (Å²) in [7, 11) is -1.81. The molecule has 1 aromatic rings. The van der Waals surface area contributed by atoms with Crippen LogP contribution in [0, 0.1) is 0 Å². The normalized spacial score (nSPS) is 11.3. The zero-order valence-corrected chi connectivity index (χ0v) is 11.7. The molecule has 1 rings (SSSR count). The number of likely N-dealkylation sites (N-methyl/N-ethyl adjacent to an activating group) is 1. The second kappa shape index (κ2) is 6.17. The van der Waals surface area contributed by atoms with Crippen molar-refractivity contribution in [2.75, 3.05) is 19.8 Å². The lowest BCUT2D eigenvalue weighted by molar-refractivity contribution is -0.119. The largest absolute Gasteiger partial charge is 0.358 e. The maximum absolute atomic E-state index is 11.6. The number of nitrogens with one attached hydrogen (secondary N) is 2. The molecule has 0 bridgehead atoms. The van der Waals surface area contributed by atoms with Crippen molar-refractivity contribution in [1.82, 2.24) is 10.6 Å². The Morgan fingerprint density at radius 3 is 2.61 bits per heavy atom. The van der Waals surface area contributed by atoms with E-state index in [4.69, 9.17) is 11.6 Å². The number of sulfone groups is 1. The highest BCUT2D eigenvalue weighted by Crippen LogP contribution is 2.23. The Morgan fingerprint density at radius 1 is 1.39 bits per heavy atom. The number of rotatable bonds is 5. The molecule has 0 atom stereocenters. The highest BCUT2D eigenvalue weighted by Gasteiger charge is 2.15. The van der Waals surface area contributed by atoms with Gasteiger partial charge in [0, 0.05) is 30.4 Å². The average Bonchev–Trinajstić information content (AvgIpc) is 2.29. The fourth-order valence-corrected chi connectivity index (χ4v) is 2.70. The minimum atomic E-state index is -3.34. The van der Waals surface area contributed by atoms with Crippen LogP contribution in [0.2, 0.25) is 5.02 Å². The molecule has 1 amide bonds. The van der Waals surface area contributed by atoms with Gasteiger partial charge in [-0.1, -0.05) is 17.7 Å². The number of benzene rings is 1. The van der Waals surface area contributed by atoms with Crippen molar-refractivity contribution in [3.05, 3.63) is 28.8 Å². The van der Waals surface area contributed by atoms with Gasteiger partial charge < -0.3 is 10.6 Å². The summed E-state index contributed by atoms with van der Waals surface area (Å²) in [6.07, 6.45) is 1.13. The van der Waals surface area contributed by atoms with Crippen LogP contribution in [-0.4, -0.2) is 34.2 Å². The molecule has 0 aliphatic carbocycles. The van der Waals surface area contributed by atoms with Crippen LogP contribution in [0.25, 0.3) is 0 Å². The summed E-state index contributed by atoms with van der Waals surface area (Å²) in [5.41, 5.74) is 0.477. The predicted molar refractivity (Wildman–Crippen MR) is 70.3 cm³/mol. The van der Waals surface area contributed by atoms with Crippen LogP contribution in [0.4, 0.5) is 0 Å². The molecule has 0 saturated carbocycles. The van der Waals surface area contributed by atoms with Crippen molar-refractivity contribution in [2.45, 2.75) is 11.4 Å². The van der Waals surface area contributed by atoms with E-state index >= 15 is 0 Å². The van der Waals surface area contributed by atoms with Crippen molar-refractivity contribution in [3.63, 3.8) is 0 Å². The van der Waals surface area contributed by atoms with Crippen LogP contribution in [0.1, 0.15) is 5.56 Å². The highest BCUT2D eigenvalue weighted by atomic mass is 35.5. The van der Waals surface area contributed by atoms with Crippen LogP contribution in [-0.2, 0) is 21.2 Å². The van der Waals surface area contributed by atoms with Gasteiger partial charge in [-0.25, -0.2) is 8.42 Å². The number of hydrogen-bond acceptors (Lipinski definition) is 4. The molecule has 0 aromatic heterocycles. The monoisotopic (exact) mass is 290 g/mol. The molecule has 7 heteroatoms. The van der Waals surface area contributed by atoms with E-state index in [9.17, 15) is 13.2 Å². The van der Waals surface area contributed by atoms with Gasteiger partial charge in [-0.05, 0) is 12.1 Å². The quantitative estimate of drug-likeness (QED) is 0.832. The molecule has 0 aliphatic heterocycles. The summed E-state index contributed by atoms with van der Waals surface area (Å²) in [6.45, 7) is 0.320. The summed E-state index contributed by atoms with van der Waals surface area (Å²) in [6, 6.07) is 4.70. The van der Waals surface area contributed by atoms with Crippen LogP contribution in [0.5, 0.6) is 0 Å². The van der Waals surface area contributed by atoms with E-state index in [0.29, 0.717) is 10.6 Å². The lowest BCUT2D eigenvalue weighted by atomic mass is 10.2. The van der Waals surface area contributed by atoms with E-state index in [2.05, 4.69) is 10.6 Å². The predicted octanol–water partition coefficient (Wildman–Crippen LogP) is 0.579. The summed E-state index contributed by atoms with van der Waals surface area (Å²) < 4.78 is 23.2. The van der Waals surface area contributed by atoms with Crippen molar-refractivity contribution in [2.24, 2.45) is 0 Å².